The Hall–Kier alpha value is -1.63. The predicted molar refractivity (Wildman–Crippen MR) is 59.7 cm³/mol. The number of alkyl halides is 3. The first kappa shape index (κ1) is 13.8. The van der Waals surface area contributed by atoms with Crippen LogP contribution in [0.25, 0.3) is 0 Å². The largest absolute Gasteiger partial charge is 0.416 e. The summed E-state index contributed by atoms with van der Waals surface area (Å²) in [6.07, 6.45) is -4.62. The van der Waals surface area contributed by atoms with E-state index in [1.54, 1.807) is 0 Å². The topological polar surface area (TPSA) is 55.1 Å². The molecule has 1 aromatic rings. The highest BCUT2D eigenvalue weighted by Gasteiger charge is 2.36. The van der Waals surface area contributed by atoms with Crippen molar-refractivity contribution in [2.24, 2.45) is 11.7 Å². The van der Waals surface area contributed by atoms with Crippen molar-refractivity contribution in [3.05, 3.63) is 35.1 Å². The molecule has 0 spiro atoms. The van der Waals surface area contributed by atoms with Crippen LogP contribution in [-0.2, 0) is 11.0 Å². The lowest BCUT2D eigenvalue weighted by molar-refractivity contribution is -0.137. The third kappa shape index (κ3) is 2.86. The summed E-state index contributed by atoms with van der Waals surface area (Å²) < 4.78 is 51.2. The number of carbonyl (C=O) groups is 1. The van der Waals surface area contributed by atoms with Gasteiger partial charge in [-0.1, -0.05) is 0 Å². The van der Waals surface area contributed by atoms with Crippen LogP contribution in [0.5, 0.6) is 0 Å². The molecule has 2 rings (SSSR count). The first-order valence-corrected chi connectivity index (χ1v) is 5.67. The van der Waals surface area contributed by atoms with Gasteiger partial charge in [0.05, 0.1) is 11.5 Å². The standard InChI is InChI=1S/C12H12F4N2O/c13-8-2-6(1-7(3-8)12(14,15)16)9-4-18-5-10(9)11(17)19/h1-3,9-10,18H,4-5H2,(H2,17,19). The lowest BCUT2D eigenvalue weighted by Crippen LogP contribution is -2.28. The first-order chi connectivity index (χ1) is 8.79. The number of amides is 1. The van der Waals surface area contributed by atoms with E-state index in [0.717, 1.165) is 12.1 Å². The molecule has 1 saturated heterocycles. The molecule has 1 heterocycles. The number of carbonyl (C=O) groups excluding carboxylic acids is 1. The van der Waals surface area contributed by atoms with Gasteiger partial charge in [-0.05, 0) is 23.8 Å². The summed E-state index contributed by atoms with van der Waals surface area (Å²) in [5.74, 6) is -2.73. The normalized spacial score (nSPS) is 23.6. The SMILES string of the molecule is NC(=O)C1CNCC1c1cc(F)cc(C(F)(F)F)c1. The van der Waals surface area contributed by atoms with E-state index < -0.39 is 35.3 Å². The van der Waals surface area contributed by atoms with Crippen LogP contribution in [0.2, 0.25) is 0 Å². The maximum absolute atomic E-state index is 13.3. The molecule has 1 fully saturated rings. The van der Waals surface area contributed by atoms with Crippen molar-refractivity contribution in [3.8, 4) is 0 Å². The summed E-state index contributed by atoms with van der Waals surface area (Å²) in [5.41, 5.74) is 4.27. The summed E-state index contributed by atoms with van der Waals surface area (Å²) in [5, 5.41) is 2.88. The Morgan fingerprint density at radius 2 is 1.95 bits per heavy atom. The van der Waals surface area contributed by atoms with Gasteiger partial charge in [-0.15, -0.1) is 0 Å². The smallest absolute Gasteiger partial charge is 0.369 e. The predicted octanol–water partition coefficient (Wildman–Crippen LogP) is 1.63. The van der Waals surface area contributed by atoms with Gasteiger partial charge in [0.25, 0.3) is 0 Å². The van der Waals surface area contributed by atoms with Crippen LogP contribution in [0.1, 0.15) is 17.0 Å². The Balaban J connectivity index is 2.40. The molecule has 0 radical (unpaired) electrons. The Morgan fingerprint density at radius 1 is 1.26 bits per heavy atom. The monoisotopic (exact) mass is 276 g/mol. The number of hydrogen-bond acceptors (Lipinski definition) is 2. The van der Waals surface area contributed by atoms with Crippen molar-refractivity contribution >= 4 is 5.91 Å². The van der Waals surface area contributed by atoms with Gasteiger partial charge in [0.1, 0.15) is 5.82 Å². The first-order valence-electron chi connectivity index (χ1n) is 5.67. The van der Waals surface area contributed by atoms with Gasteiger partial charge in [-0.3, -0.25) is 4.79 Å². The molecule has 3 nitrogen and oxygen atoms in total. The summed E-state index contributed by atoms with van der Waals surface area (Å²) in [6, 6.07) is 2.32. The highest BCUT2D eigenvalue weighted by atomic mass is 19.4. The molecule has 1 amide bonds. The lowest BCUT2D eigenvalue weighted by Gasteiger charge is -2.17. The molecule has 0 bridgehead atoms. The van der Waals surface area contributed by atoms with E-state index in [-0.39, 0.29) is 12.1 Å². The van der Waals surface area contributed by atoms with Gasteiger partial charge in [0, 0.05) is 19.0 Å². The van der Waals surface area contributed by atoms with Crippen LogP contribution in [0.3, 0.4) is 0 Å². The number of rotatable bonds is 2. The second-order valence-corrected chi connectivity index (χ2v) is 4.54. The number of hydrogen-bond donors (Lipinski definition) is 2. The van der Waals surface area contributed by atoms with E-state index in [4.69, 9.17) is 5.73 Å². The van der Waals surface area contributed by atoms with Crippen molar-refractivity contribution in [3.63, 3.8) is 0 Å². The summed E-state index contributed by atoms with van der Waals surface area (Å²) in [4.78, 5) is 11.2. The fraction of sp³-hybridized carbons (Fsp3) is 0.417. The molecule has 1 aromatic carbocycles. The molecule has 0 aliphatic carbocycles. The highest BCUT2D eigenvalue weighted by Crippen LogP contribution is 2.34. The van der Waals surface area contributed by atoms with E-state index in [2.05, 4.69) is 5.32 Å². The van der Waals surface area contributed by atoms with Gasteiger partial charge >= 0.3 is 6.18 Å². The Bertz CT molecular complexity index is 501. The fourth-order valence-corrected chi connectivity index (χ4v) is 2.32. The number of benzene rings is 1. The summed E-state index contributed by atoms with van der Waals surface area (Å²) in [7, 11) is 0. The van der Waals surface area contributed by atoms with Crippen molar-refractivity contribution in [1.29, 1.82) is 0 Å². The van der Waals surface area contributed by atoms with Crippen LogP contribution in [0, 0.1) is 11.7 Å². The Morgan fingerprint density at radius 3 is 2.53 bits per heavy atom. The molecule has 104 valence electrons. The van der Waals surface area contributed by atoms with E-state index >= 15 is 0 Å². The maximum atomic E-state index is 13.3. The zero-order valence-corrected chi connectivity index (χ0v) is 9.80. The van der Waals surface area contributed by atoms with Gasteiger partial charge in [0.15, 0.2) is 0 Å². The molecule has 19 heavy (non-hydrogen) atoms. The third-order valence-electron chi connectivity index (χ3n) is 3.26. The minimum Gasteiger partial charge on any atom is -0.369 e. The van der Waals surface area contributed by atoms with Crippen molar-refractivity contribution < 1.29 is 22.4 Å². The van der Waals surface area contributed by atoms with Crippen molar-refractivity contribution in [2.75, 3.05) is 13.1 Å². The molecule has 3 N–H and O–H groups in total. The molecular weight excluding hydrogens is 264 g/mol. The van der Waals surface area contributed by atoms with Crippen molar-refractivity contribution in [1.82, 2.24) is 5.32 Å². The van der Waals surface area contributed by atoms with Gasteiger partial charge in [0.2, 0.25) is 5.91 Å². The van der Waals surface area contributed by atoms with Crippen LogP contribution < -0.4 is 11.1 Å². The number of nitrogens with one attached hydrogen (secondary N) is 1. The molecule has 1 aliphatic rings. The molecule has 7 heteroatoms. The zero-order valence-electron chi connectivity index (χ0n) is 9.80. The zero-order chi connectivity index (χ0) is 14.2. The van der Waals surface area contributed by atoms with Crippen molar-refractivity contribution in [2.45, 2.75) is 12.1 Å². The van der Waals surface area contributed by atoms with Crippen LogP contribution in [-0.4, -0.2) is 19.0 Å². The number of halogens is 4. The average molecular weight is 276 g/mol. The van der Waals surface area contributed by atoms with Crippen LogP contribution in [0.4, 0.5) is 17.6 Å². The summed E-state index contributed by atoms with van der Waals surface area (Å²) >= 11 is 0. The minimum atomic E-state index is -4.62. The molecule has 2 unspecified atom stereocenters. The quantitative estimate of drug-likeness (QED) is 0.807. The van der Waals surface area contributed by atoms with Crippen LogP contribution in [0.15, 0.2) is 18.2 Å². The lowest BCUT2D eigenvalue weighted by atomic mass is 9.87. The number of primary amides is 1. The second-order valence-electron chi connectivity index (χ2n) is 4.54. The maximum Gasteiger partial charge on any atom is 0.416 e. The van der Waals surface area contributed by atoms with Gasteiger partial charge in [-0.2, -0.15) is 13.2 Å². The Kier molecular flexibility index (Phi) is 3.49. The molecule has 0 saturated carbocycles. The summed E-state index contributed by atoms with van der Waals surface area (Å²) in [6.45, 7) is 0.590. The van der Waals surface area contributed by atoms with Gasteiger partial charge in [-0.25, -0.2) is 4.39 Å². The highest BCUT2D eigenvalue weighted by molar-refractivity contribution is 5.78. The van der Waals surface area contributed by atoms with E-state index in [1.165, 1.54) is 0 Å². The number of nitrogens with two attached hydrogens (primary N) is 1. The molecule has 0 aromatic heterocycles. The fourth-order valence-electron chi connectivity index (χ4n) is 2.32. The van der Waals surface area contributed by atoms with E-state index in [9.17, 15) is 22.4 Å². The minimum absolute atomic E-state index is 0.140. The van der Waals surface area contributed by atoms with E-state index in [1.807, 2.05) is 0 Å². The van der Waals surface area contributed by atoms with E-state index in [0.29, 0.717) is 12.6 Å². The molecular formula is C12H12F4N2O. The average Bonchev–Trinajstić information content (AvgIpc) is 2.75. The third-order valence-corrected chi connectivity index (χ3v) is 3.26. The van der Waals surface area contributed by atoms with Gasteiger partial charge < -0.3 is 11.1 Å². The Labute approximate surface area is 106 Å². The second kappa shape index (κ2) is 4.80. The van der Waals surface area contributed by atoms with Crippen LogP contribution >= 0.6 is 0 Å². The molecule has 2 atom stereocenters. The molecule has 1 aliphatic heterocycles.